The number of morpholine rings is 1. The summed E-state index contributed by atoms with van der Waals surface area (Å²) in [6.45, 7) is 8.59. The first-order valence-corrected chi connectivity index (χ1v) is 13.2. The molecule has 4 heterocycles. The second kappa shape index (κ2) is 9.92. The maximum atomic E-state index is 13.3. The number of nitrogens with one attached hydrogen (secondary N) is 2. The molecular formula is C26H22Cl2N6O2S. The normalized spacial score (nSPS) is 15.6. The van der Waals surface area contributed by atoms with Crippen LogP contribution in [0.5, 0.6) is 0 Å². The van der Waals surface area contributed by atoms with E-state index in [9.17, 15) is 4.79 Å². The maximum absolute atomic E-state index is 13.3. The van der Waals surface area contributed by atoms with Gasteiger partial charge in [-0.25, -0.2) is 19.7 Å². The van der Waals surface area contributed by atoms with Gasteiger partial charge in [0, 0.05) is 25.3 Å². The number of nitrogens with zero attached hydrogens (tertiary/aromatic N) is 4. The van der Waals surface area contributed by atoms with Crippen LogP contribution in [0, 0.1) is 0 Å². The van der Waals surface area contributed by atoms with Gasteiger partial charge >= 0.3 is 6.03 Å². The summed E-state index contributed by atoms with van der Waals surface area (Å²) in [4.78, 5) is 27.4. The van der Waals surface area contributed by atoms with Gasteiger partial charge in [0.2, 0.25) is 0 Å². The van der Waals surface area contributed by atoms with E-state index in [0.29, 0.717) is 43.2 Å². The van der Waals surface area contributed by atoms with E-state index in [1.54, 1.807) is 18.2 Å². The molecule has 11 heteroatoms. The highest BCUT2D eigenvalue weighted by molar-refractivity contribution is 7.20. The molecule has 2 N–H and O–H groups in total. The van der Waals surface area contributed by atoms with Gasteiger partial charge in [0.15, 0.2) is 5.82 Å². The standard InChI is InChI=1S/C26H22Cl2N6O2S/c1-15(31-17-7-5-16(6-8-17)13-33-9-11-36-12-10-33)23-21-20-24(29-14-30-25(20)37-23)34(26(35)32-21)22-18(27)3-2-4-19(22)28/h2-8,14,31H,1,9-13H2,(H,32,35). The molecule has 0 atom stereocenters. The Balaban J connectivity index is 1.29. The SMILES string of the molecule is C=C(Nc1ccc(CN2CCOCC2)cc1)c1sc2ncnc3c2c1NC(=O)N3c1c(Cl)cccc1Cl. The summed E-state index contributed by atoms with van der Waals surface area (Å²) in [6, 6.07) is 13.0. The van der Waals surface area contributed by atoms with Crippen LogP contribution in [0.15, 0.2) is 55.4 Å². The molecule has 0 aliphatic carbocycles. The van der Waals surface area contributed by atoms with E-state index in [2.05, 4.69) is 44.2 Å². The fourth-order valence-electron chi connectivity index (χ4n) is 4.53. The Hall–Kier alpha value is -3.21. The van der Waals surface area contributed by atoms with E-state index < -0.39 is 6.03 Å². The number of para-hydroxylation sites is 1. The number of anilines is 4. The average Bonchev–Trinajstić information content (AvgIpc) is 3.27. The van der Waals surface area contributed by atoms with Gasteiger partial charge in [-0.2, -0.15) is 0 Å². The average molecular weight is 553 g/mol. The zero-order chi connectivity index (χ0) is 25.5. The van der Waals surface area contributed by atoms with Crippen LogP contribution in [0.2, 0.25) is 10.0 Å². The molecule has 2 aliphatic rings. The molecule has 6 rings (SSSR count). The smallest absolute Gasteiger partial charge is 0.332 e. The quantitative estimate of drug-likeness (QED) is 0.280. The molecule has 0 unspecified atom stereocenters. The number of thiophene rings is 1. The highest BCUT2D eigenvalue weighted by atomic mass is 35.5. The Morgan fingerprint density at radius 3 is 2.57 bits per heavy atom. The number of benzene rings is 2. The lowest BCUT2D eigenvalue weighted by atomic mass is 10.1. The first kappa shape index (κ1) is 24.1. The molecule has 8 nitrogen and oxygen atoms in total. The van der Waals surface area contributed by atoms with Crippen LogP contribution in [0.1, 0.15) is 10.4 Å². The van der Waals surface area contributed by atoms with Crippen LogP contribution < -0.4 is 15.5 Å². The van der Waals surface area contributed by atoms with E-state index in [0.717, 1.165) is 43.4 Å². The number of rotatable bonds is 6. The number of aromatic nitrogens is 2. The Morgan fingerprint density at radius 2 is 1.84 bits per heavy atom. The van der Waals surface area contributed by atoms with E-state index >= 15 is 0 Å². The molecule has 1 saturated heterocycles. The van der Waals surface area contributed by atoms with Crippen molar-refractivity contribution in [3.63, 3.8) is 0 Å². The van der Waals surface area contributed by atoms with Crippen molar-refractivity contribution < 1.29 is 9.53 Å². The van der Waals surface area contributed by atoms with E-state index in [1.807, 2.05) is 12.1 Å². The lowest BCUT2D eigenvalue weighted by Gasteiger charge is -2.28. The van der Waals surface area contributed by atoms with Gasteiger partial charge in [-0.15, -0.1) is 11.3 Å². The van der Waals surface area contributed by atoms with Gasteiger partial charge < -0.3 is 15.4 Å². The van der Waals surface area contributed by atoms with Gasteiger partial charge in [0.1, 0.15) is 11.2 Å². The topological polar surface area (TPSA) is 82.6 Å². The van der Waals surface area contributed by atoms with Crippen molar-refractivity contribution in [2.45, 2.75) is 6.54 Å². The van der Waals surface area contributed by atoms with E-state index in [-0.39, 0.29) is 0 Å². The van der Waals surface area contributed by atoms with Gasteiger partial charge in [0.25, 0.3) is 0 Å². The van der Waals surface area contributed by atoms with Crippen LogP contribution in [0.4, 0.5) is 27.7 Å². The maximum Gasteiger partial charge on any atom is 0.332 e. The Morgan fingerprint density at radius 1 is 1.11 bits per heavy atom. The van der Waals surface area contributed by atoms with Crippen LogP contribution in [-0.2, 0) is 11.3 Å². The molecule has 0 spiro atoms. The van der Waals surface area contributed by atoms with Gasteiger partial charge in [-0.1, -0.05) is 48.0 Å². The number of hydrogen-bond acceptors (Lipinski definition) is 7. The van der Waals surface area contributed by atoms with Crippen molar-refractivity contribution in [3.05, 3.63) is 75.9 Å². The predicted octanol–water partition coefficient (Wildman–Crippen LogP) is 6.60. The molecule has 2 aromatic heterocycles. The lowest BCUT2D eigenvalue weighted by Crippen LogP contribution is -2.35. The summed E-state index contributed by atoms with van der Waals surface area (Å²) in [5.74, 6) is 0.418. The Bertz CT molecular complexity index is 1500. The minimum absolute atomic E-state index is 0.344. The molecular weight excluding hydrogens is 531 g/mol. The molecule has 2 aliphatic heterocycles. The number of carbonyl (C=O) groups excluding carboxylic acids is 1. The van der Waals surface area contributed by atoms with Gasteiger partial charge in [-0.3, -0.25) is 4.90 Å². The first-order chi connectivity index (χ1) is 18.0. The number of urea groups is 1. The second-order valence-corrected chi connectivity index (χ2v) is 10.5. The number of ether oxygens (including phenoxy) is 1. The van der Waals surface area contributed by atoms with Gasteiger partial charge in [-0.05, 0) is 29.8 Å². The largest absolute Gasteiger partial charge is 0.379 e. The highest BCUT2D eigenvalue weighted by Gasteiger charge is 2.34. The number of amides is 2. The van der Waals surface area contributed by atoms with E-state index in [1.165, 1.54) is 28.1 Å². The Labute approximate surface area is 227 Å². The van der Waals surface area contributed by atoms with Crippen molar-refractivity contribution in [1.82, 2.24) is 14.9 Å². The summed E-state index contributed by atoms with van der Waals surface area (Å²) in [5, 5.41) is 7.75. The van der Waals surface area contributed by atoms with Crippen LogP contribution in [0.3, 0.4) is 0 Å². The predicted molar refractivity (Wildman–Crippen MR) is 150 cm³/mol. The Kier molecular flexibility index (Phi) is 6.48. The van der Waals surface area contributed by atoms with Crippen molar-refractivity contribution in [2.75, 3.05) is 41.8 Å². The molecule has 37 heavy (non-hydrogen) atoms. The van der Waals surface area contributed by atoms with E-state index in [4.69, 9.17) is 27.9 Å². The van der Waals surface area contributed by atoms with Crippen molar-refractivity contribution in [1.29, 1.82) is 0 Å². The summed E-state index contributed by atoms with van der Waals surface area (Å²) in [5.41, 5.74) is 3.77. The monoisotopic (exact) mass is 552 g/mol. The number of halogens is 2. The molecule has 0 radical (unpaired) electrons. The highest BCUT2D eigenvalue weighted by Crippen LogP contribution is 2.48. The summed E-state index contributed by atoms with van der Waals surface area (Å²) in [6.07, 6.45) is 1.43. The van der Waals surface area contributed by atoms with Crippen LogP contribution in [0.25, 0.3) is 15.9 Å². The molecule has 0 bridgehead atoms. The zero-order valence-electron chi connectivity index (χ0n) is 19.6. The first-order valence-electron chi connectivity index (χ1n) is 11.7. The number of hydrogen-bond donors (Lipinski definition) is 2. The van der Waals surface area contributed by atoms with Crippen molar-refractivity contribution in [3.8, 4) is 0 Å². The van der Waals surface area contributed by atoms with Crippen LogP contribution in [-0.4, -0.2) is 47.2 Å². The second-order valence-electron chi connectivity index (χ2n) is 8.71. The fourth-order valence-corrected chi connectivity index (χ4v) is 6.11. The minimum atomic E-state index is -0.414. The fraction of sp³-hybridized carbons (Fsp3) is 0.192. The molecule has 4 aromatic rings. The summed E-state index contributed by atoms with van der Waals surface area (Å²) in [7, 11) is 0. The molecule has 2 amide bonds. The lowest BCUT2D eigenvalue weighted by molar-refractivity contribution is 0.0342. The zero-order valence-corrected chi connectivity index (χ0v) is 22.0. The molecule has 188 valence electrons. The number of carbonyl (C=O) groups is 1. The molecule has 0 saturated carbocycles. The minimum Gasteiger partial charge on any atom is -0.379 e. The van der Waals surface area contributed by atoms with Gasteiger partial charge in [0.05, 0.1) is 50.6 Å². The third-order valence-corrected chi connectivity index (χ3v) is 8.08. The third-order valence-electron chi connectivity index (χ3n) is 6.31. The third kappa shape index (κ3) is 4.54. The molecule has 2 aromatic carbocycles. The van der Waals surface area contributed by atoms with Crippen molar-refractivity contribution >= 4 is 79.4 Å². The van der Waals surface area contributed by atoms with Crippen LogP contribution >= 0.6 is 34.5 Å². The summed E-state index contributed by atoms with van der Waals surface area (Å²) < 4.78 is 5.43. The summed E-state index contributed by atoms with van der Waals surface area (Å²) >= 11 is 14.3. The van der Waals surface area contributed by atoms with Crippen molar-refractivity contribution in [2.24, 2.45) is 0 Å². The molecule has 1 fully saturated rings.